The molecule has 2 aromatic rings. The molecule has 0 fully saturated rings. The van der Waals surface area contributed by atoms with Crippen LogP contribution in [0.5, 0.6) is 0 Å². The van der Waals surface area contributed by atoms with E-state index in [2.05, 4.69) is 10.4 Å². The van der Waals surface area contributed by atoms with Crippen LogP contribution in [0.1, 0.15) is 18.5 Å². The molecule has 1 heterocycles. The molecule has 3 N–H and O–H groups in total. The van der Waals surface area contributed by atoms with Gasteiger partial charge in [-0.2, -0.15) is 5.10 Å². The van der Waals surface area contributed by atoms with E-state index in [-0.39, 0.29) is 0 Å². The number of aliphatic hydroxyl groups is 1. The normalized spacial score (nSPS) is 14.8. The second-order valence-corrected chi connectivity index (χ2v) is 5.10. The van der Waals surface area contributed by atoms with Gasteiger partial charge in [0.15, 0.2) is 11.6 Å². The van der Waals surface area contributed by atoms with Crippen LogP contribution in [-0.2, 0) is 9.59 Å². The van der Waals surface area contributed by atoms with Crippen LogP contribution in [0.4, 0.5) is 0 Å². The molecule has 0 spiro atoms. The van der Waals surface area contributed by atoms with Gasteiger partial charge in [0.2, 0.25) is 5.91 Å². The Balaban J connectivity index is 2.20. The number of amides is 1. The van der Waals surface area contributed by atoms with E-state index in [4.69, 9.17) is 5.11 Å². The minimum Gasteiger partial charge on any atom is -0.479 e. The first-order valence-corrected chi connectivity index (χ1v) is 6.69. The fraction of sp³-hybridized carbons (Fsp3) is 0.267. The summed E-state index contributed by atoms with van der Waals surface area (Å²) < 4.78 is 1.47. The molecule has 1 amide bonds. The van der Waals surface area contributed by atoms with Crippen molar-refractivity contribution in [2.75, 3.05) is 6.54 Å². The van der Waals surface area contributed by atoms with Gasteiger partial charge < -0.3 is 15.5 Å². The van der Waals surface area contributed by atoms with Gasteiger partial charge in [0.1, 0.15) is 0 Å². The molecule has 7 heteroatoms. The number of carbonyl (C=O) groups excluding carboxylic acids is 1. The van der Waals surface area contributed by atoms with Crippen molar-refractivity contribution in [1.82, 2.24) is 15.1 Å². The average Bonchev–Trinajstić information content (AvgIpc) is 3.00. The lowest BCUT2D eigenvalue weighted by Crippen LogP contribution is -2.48. The average molecular weight is 303 g/mol. The molecule has 0 saturated heterocycles. The van der Waals surface area contributed by atoms with Gasteiger partial charge in [0.25, 0.3) is 0 Å². The molecule has 22 heavy (non-hydrogen) atoms. The predicted molar refractivity (Wildman–Crippen MR) is 78.1 cm³/mol. The Labute approximate surface area is 127 Å². The lowest BCUT2D eigenvalue weighted by atomic mass is 10.0. The van der Waals surface area contributed by atoms with Gasteiger partial charge in [-0.15, -0.1) is 0 Å². The molecule has 0 aliphatic carbocycles. The summed E-state index contributed by atoms with van der Waals surface area (Å²) in [5.74, 6) is -1.85. The minimum atomic E-state index is -2.03. The summed E-state index contributed by atoms with van der Waals surface area (Å²) in [4.78, 5) is 23.3. The fourth-order valence-corrected chi connectivity index (χ4v) is 1.92. The number of nitrogens with one attached hydrogen (secondary N) is 1. The number of nitrogens with zero attached hydrogens (tertiary/aromatic N) is 2. The summed E-state index contributed by atoms with van der Waals surface area (Å²) >= 11 is 0. The van der Waals surface area contributed by atoms with Crippen LogP contribution in [-0.4, -0.2) is 44.0 Å². The van der Waals surface area contributed by atoms with Crippen LogP contribution in [0.3, 0.4) is 0 Å². The molecule has 1 aromatic heterocycles. The van der Waals surface area contributed by atoms with Gasteiger partial charge >= 0.3 is 5.97 Å². The fourth-order valence-electron chi connectivity index (χ4n) is 1.92. The molecule has 0 bridgehead atoms. The van der Waals surface area contributed by atoms with Gasteiger partial charge in [0, 0.05) is 12.4 Å². The van der Waals surface area contributed by atoms with E-state index >= 15 is 0 Å². The standard InChI is InChI=1S/C15H17N3O4/c1-15(22,14(20)21)10-16-13(19)12(18-9-5-8-17-18)11-6-3-2-4-7-11/h2-9,12,22H,10H2,1H3,(H,16,19)(H,20,21). The lowest BCUT2D eigenvalue weighted by Gasteiger charge is -2.22. The maximum atomic E-state index is 12.4. The number of aliphatic carboxylic acids is 1. The van der Waals surface area contributed by atoms with Gasteiger partial charge in [-0.25, -0.2) is 4.79 Å². The maximum Gasteiger partial charge on any atom is 0.337 e. The number of benzene rings is 1. The summed E-state index contributed by atoms with van der Waals surface area (Å²) in [5.41, 5.74) is -1.32. The monoisotopic (exact) mass is 303 g/mol. The molecule has 2 rings (SSSR count). The van der Waals surface area contributed by atoms with E-state index in [1.807, 2.05) is 6.07 Å². The van der Waals surface area contributed by atoms with Crippen LogP contribution in [0, 0.1) is 0 Å². The van der Waals surface area contributed by atoms with Gasteiger partial charge in [0.05, 0.1) is 6.54 Å². The van der Waals surface area contributed by atoms with E-state index in [0.29, 0.717) is 5.56 Å². The molecule has 0 radical (unpaired) electrons. The topological polar surface area (TPSA) is 104 Å². The molecule has 2 atom stereocenters. The Morgan fingerprint density at radius 3 is 2.55 bits per heavy atom. The first-order valence-electron chi connectivity index (χ1n) is 6.69. The molecule has 7 nitrogen and oxygen atoms in total. The molecule has 0 saturated carbocycles. The second-order valence-electron chi connectivity index (χ2n) is 5.10. The van der Waals surface area contributed by atoms with Crippen LogP contribution in [0.15, 0.2) is 48.8 Å². The predicted octanol–water partition coefficient (Wildman–Crippen LogP) is 0.424. The van der Waals surface area contributed by atoms with Crippen molar-refractivity contribution in [1.29, 1.82) is 0 Å². The third kappa shape index (κ3) is 3.50. The zero-order valence-corrected chi connectivity index (χ0v) is 12.0. The smallest absolute Gasteiger partial charge is 0.337 e. The quantitative estimate of drug-likeness (QED) is 0.717. The van der Waals surface area contributed by atoms with Crippen LogP contribution in [0.2, 0.25) is 0 Å². The molecular weight excluding hydrogens is 286 g/mol. The first-order chi connectivity index (χ1) is 10.4. The Morgan fingerprint density at radius 2 is 2.00 bits per heavy atom. The largest absolute Gasteiger partial charge is 0.479 e. The SMILES string of the molecule is CC(O)(CNC(=O)C(c1ccccc1)n1cccn1)C(=O)O. The van der Waals surface area contributed by atoms with Crippen molar-refractivity contribution < 1.29 is 19.8 Å². The van der Waals surface area contributed by atoms with Gasteiger partial charge in [-0.3, -0.25) is 9.48 Å². The molecule has 116 valence electrons. The third-order valence-electron chi connectivity index (χ3n) is 3.22. The Kier molecular flexibility index (Phi) is 4.57. The van der Waals surface area contributed by atoms with Crippen LogP contribution >= 0.6 is 0 Å². The maximum absolute atomic E-state index is 12.4. The van der Waals surface area contributed by atoms with Crippen molar-refractivity contribution in [3.05, 3.63) is 54.4 Å². The van der Waals surface area contributed by atoms with E-state index in [0.717, 1.165) is 6.92 Å². The number of carboxylic acids is 1. The summed E-state index contributed by atoms with van der Waals surface area (Å²) in [6.45, 7) is 0.729. The molecule has 0 aliphatic heterocycles. The summed E-state index contributed by atoms with van der Waals surface area (Å²) in [5, 5.41) is 25.1. The number of hydrogen-bond donors (Lipinski definition) is 3. The number of carbonyl (C=O) groups is 2. The third-order valence-corrected chi connectivity index (χ3v) is 3.22. The Bertz CT molecular complexity index is 638. The highest BCUT2D eigenvalue weighted by atomic mass is 16.4. The van der Waals surface area contributed by atoms with Crippen LogP contribution < -0.4 is 5.32 Å². The first kappa shape index (κ1) is 15.7. The highest BCUT2D eigenvalue weighted by Crippen LogP contribution is 2.17. The lowest BCUT2D eigenvalue weighted by molar-refractivity contribution is -0.156. The summed E-state index contributed by atoms with van der Waals surface area (Å²) in [6.07, 6.45) is 3.20. The van der Waals surface area contributed by atoms with Crippen LogP contribution in [0.25, 0.3) is 0 Å². The van der Waals surface area contributed by atoms with E-state index in [1.54, 1.807) is 42.7 Å². The highest BCUT2D eigenvalue weighted by Gasteiger charge is 2.32. The number of carboxylic acid groups (broad SMARTS) is 1. The van der Waals surface area contributed by atoms with Crippen molar-refractivity contribution in [2.24, 2.45) is 0 Å². The summed E-state index contributed by atoms with van der Waals surface area (Å²) in [7, 11) is 0. The van der Waals surface area contributed by atoms with E-state index < -0.39 is 30.1 Å². The molecule has 2 unspecified atom stereocenters. The zero-order valence-electron chi connectivity index (χ0n) is 12.0. The second kappa shape index (κ2) is 6.40. The minimum absolute atomic E-state index is 0.397. The van der Waals surface area contributed by atoms with E-state index in [9.17, 15) is 14.7 Å². The van der Waals surface area contributed by atoms with Gasteiger partial charge in [-0.05, 0) is 18.6 Å². The molecule has 0 aliphatic rings. The zero-order chi connectivity index (χ0) is 16.2. The molecular formula is C15H17N3O4. The van der Waals surface area contributed by atoms with E-state index in [1.165, 1.54) is 4.68 Å². The Hall–Kier alpha value is -2.67. The molecule has 1 aromatic carbocycles. The Morgan fingerprint density at radius 1 is 1.32 bits per heavy atom. The number of aromatic nitrogens is 2. The summed E-state index contributed by atoms with van der Waals surface area (Å²) in [6, 6.07) is 9.94. The number of hydrogen-bond acceptors (Lipinski definition) is 4. The van der Waals surface area contributed by atoms with Crippen molar-refractivity contribution in [3.8, 4) is 0 Å². The van der Waals surface area contributed by atoms with Crippen molar-refractivity contribution >= 4 is 11.9 Å². The van der Waals surface area contributed by atoms with Crippen molar-refractivity contribution in [2.45, 2.75) is 18.6 Å². The van der Waals surface area contributed by atoms with Gasteiger partial charge in [-0.1, -0.05) is 30.3 Å². The number of rotatable bonds is 6. The highest BCUT2D eigenvalue weighted by molar-refractivity contribution is 5.85. The van der Waals surface area contributed by atoms with Crippen molar-refractivity contribution in [3.63, 3.8) is 0 Å².